The van der Waals surface area contributed by atoms with Gasteiger partial charge in [0.1, 0.15) is 0 Å². The molecule has 0 atom stereocenters. The van der Waals surface area contributed by atoms with Crippen LogP contribution in [-0.2, 0) is 14.8 Å². The second-order valence-corrected chi connectivity index (χ2v) is 5.50. The van der Waals surface area contributed by atoms with Gasteiger partial charge in [0, 0.05) is 6.54 Å². The zero-order valence-electron chi connectivity index (χ0n) is 8.40. The molecule has 0 saturated carbocycles. The Morgan fingerprint density at radius 3 is 2.53 bits per heavy atom. The van der Waals surface area contributed by atoms with E-state index in [9.17, 15) is 13.2 Å². The molecule has 0 spiro atoms. The Morgan fingerprint density at radius 2 is 2.00 bits per heavy atom. The number of carboxylic acid groups (broad SMARTS) is 1. The Hall–Kier alpha value is -0.660. The van der Waals surface area contributed by atoms with Crippen molar-refractivity contribution in [3.05, 3.63) is 0 Å². The Balaban J connectivity index is 2.31. The van der Waals surface area contributed by atoms with E-state index < -0.39 is 21.7 Å². The molecular formula is C8H16N2O4S. The van der Waals surface area contributed by atoms with Gasteiger partial charge in [-0.25, -0.2) is 13.1 Å². The van der Waals surface area contributed by atoms with Crippen LogP contribution >= 0.6 is 0 Å². The molecule has 1 saturated heterocycles. The minimum atomic E-state index is -3.65. The Morgan fingerprint density at radius 1 is 1.40 bits per heavy atom. The number of sulfonamides is 1. The molecule has 0 bridgehead atoms. The lowest BCUT2D eigenvalue weighted by Gasteiger charge is -2.22. The molecule has 1 aliphatic rings. The first-order valence-electron chi connectivity index (χ1n) is 4.89. The molecule has 3 N–H and O–H groups in total. The molecule has 0 radical (unpaired) electrons. The molecule has 0 aromatic heterocycles. The lowest BCUT2D eigenvalue weighted by Crippen LogP contribution is -2.37. The number of nitrogens with one attached hydrogen (secondary N) is 2. The van der Waals surface area contributed by atoms with E-state index in [1.165, 1.54) is 0 Å². The van der Waals surface area contributed by atoms with Gasteiger partial charge in [-0.2, -0.15) is 0 Å². The molecule has 0 aromatic rings. The maximum Gasteiger partial charge on any atom is 0.320 e. The molecule has 0 unspecified atom stereocenters. The largest absolute Gasteiger partial charge is 0.480 e. The van der Waals surface area contributed by atoms with Gasteiger partial charge in [-0.1, -0.05) is 0 Å². The van der Waals surface area contributed by atoms with Crippen LogP contribution in [0.2, 0.25) is 0 Å². The fourth-order valence-corrected chi connectivity index (χ4v) is 2.46. The summed E-state index contributed by atoms with van der Waals surface area (Å²) in [5.74, 6) is -1.86. The van der Waals surface area contributed by atoms with Gasteiger partial charge in [0.2, 0.25) is 10.0 Å². The van der Waals surface area contributed by atoms with E-state index in [0.717, 1.165) is 25.9 Å². The minimum absolute atomic E-state index is 0.315. The van der Waals surface area contributed by atoms with E-state index in [2.05, 4.69) is 10.0 Å². The Bertz CT molecular complexity index is 309. The number of hydrogen-bond donors (Lipinski definition) is 3. The van der Waals surface area contributed by atoms with Gasteiger partial charge >= 0.3 is 5.97 Å². The maximum atomic E-state index is 11.2. The number of aliphatic carboxylic acids is 1. The highest BCUT2D eigenvalue weighted by Crippen LogP contribution is 2.10. The summed E-state index contributed by atoms with van der Waals surface area (Å²) in [6.07, 6.45) is 1.85. The lowest BCUT2D eigenvalue weighted by atomic mass is 9.99. The van der Waals surface area contributed by atoms with Gasteiger partial charge in [-0.15, -0.1) is 0 Å². The molecule has 1 rings (SSSR count). The quantitative estimate of drug-likeness (QED) is 0.568. The number of rotatable bonds is 5. The normalized spacial score (nSPS) is 18.9. The van der Waals surface area contributed by atoms with Gasteiger partial charge in [0.05, 0.1) is 0 Å². The highest BCUT2D eigenvalue weighted by molar-refractivity contribution is 7.90. The summed E-state index contributed by atoms with van der Waals surface area (Å²) in [4.78, 5) is 10.2. The zero-order chi connectivity index (χ0) is 11.3. The van der Waals surface area contributed by atoms with Crippen molar-refractivity contribution in [3.63, 3.8) is 0 Å². The summed E-state index contributed by atoms with van der Waals surface area (Å²) in [5.41, 5.74) is 0. The van der Waals surface area contributed by atoms with Gasteiger partial charge in [-0.05, 0) is 31.8 Å². The highest BCUT2D eigenvalue weighted by Gasteiger charge is 2.19. The summed E-state index contributed by atoms with van der Waals surface area (Å²) in [7, 11) is -3.65. The van der Waals surface area contributed by atoms with Gasteiger partial charge in [0.25, 0.3) is 0 Å². The van der Waals surface area contributed by atoms with E-state index in [0.29, 0.717) is 12.5 Å². The molecule has 0 aromatic carbocycles. The second kappa shape index (κ2) is 5.43. The van der Waals surface area contributed by atoms with Crippen molar-refractivity contribution in [2.45, 2.75) is 12.8 Å². The maximum absolute atomic E-state index is 11.2. The smallest absolute Gasteiger partial charge is 0.320 e. The summed E-state index contributed by atoms with van der Waals surface area (Å²) in [5, 5.41) is 11.5. The number of carboxylic acids is 1. The number of piperidine rings is 1. The number of carbonyl (C=O) groups is 1. The van der Waals surface area contributed by atoms with Crippen molar-refractivity contribution in [1.29, 1.82) is 0 Å². The average Bonchev–Trinajstić information content (AvgIpc) is 2.15. The topological polar surface area (TPSA) is 95.5 Å². The molecule has 88 valence electrons. The van der Waals surface area contributed by atoms with Crippen molar-refractivity contribution >= 4 is 16.0 Å². The van der Waals surface area contributed by atoms with Crippen molar-refractivity contribution in [3.8, 4) is 0 Å². The van der Waals surface area contributed by atoms with Crippen LogP contribution in [0.15, 0.2) is 0 Å². The van der Waals surface area contributed by atoms with Crippen LogP contribution in [0.25, 0.3) is 0 Å². The molecule has 1 fully saturated rings. The first kappa shape index (κ1) is 12.4. The van der Waals surface area contributed by atoms with Crippen LogP contribution in [-0.4, -0.2) is 44.9 Å². The molecule has 6 nitrogen and oxygen atoms in total. The van der Waals surface area contributed by atoms with Crippen LogP contribution < -0.4 is 10.0 Å². The third kappa shape index (κ3) is 5.10. The zero-order valence-corrected chi connectivity index (χ0v) is 9.22. The predicted molar refractivity (Wildman–Crippen MR) is 55.0 cm³/mol. The fraction of sp³-hybridized carbons (Fsp3) is 0.875. The molecule has 0 amide bonds. The van der Waals surface area contributed by atoms with E-state index in [-0.39, 0.29) is 0 Å². The molecule has 0 aliphatic carbocycles. The monoisotopic (exact) mass is 236 g/mol. The van der Waals surface area contributed by atoms with Crippen LogP contribution in [0.1, 0.15) is 12.8 Å². The van der Waals surface area contributed by atoms with E-state index >= 15 is 0 Å². The second-order valence-electron chi connectivity index (χ2n) is 3.69. The van der Waals surface area contributed by atoms with Crippen LogP contribution in [0, 0.1) is 5.92 Å². The molecule has 7 heteroatoms. The van der Waals surface area contributed by atoms with Crippen LogP contribution in [0.4, 0.5) is 0 Å². The van der Waals surface area contributed by atoms with Crippen molar-refractivity contribution < 1.29 is 18.3 Å². The fourth-order valence-electron chi connectivity index (χ4n) is 1.54. The molecule has 1 aliphatic heterocycles. The van der Waals surface area contributed by atoms with Gasteiger partial charge in [-0.3, -0.25) is 4.79 Å². The number of hydrogen-bond acceptors (Lipinski definition) is 4. The van der Waals surface area contributed by atoms with E-state index in [4.69, 9.17) is 5.11 Å². The highest BCUT2D eigenvalue weighted by atomic mass is 32.2. The standard InChI is InChI=1S/C8H16N2O4S/c11-8(12)6-15(13,14)10-5-7-1-3-9-4-2-7/h7,9-10H,1-6H2,(H,11,12). The third-order valence-corrected chi connectivity index (χ3v) is 3.60. The molecule has 1 heterocycles. The summed E-state index contributed by atoms with van der Waals surface area (Å²) >= 11 is 0. The predicted octanol–water partition coefficient (Wildman–Crippen LogP) is -1.01. The summed E-state index contributed by atoms with van der Waals surface area (Å²) < 4.78 is 24.7. The summed E-state index contributed by atoms with van der Waals surface area (Å²) in [6, 6.07) is 0. The van der Waals surface area contributed by atoms with Crippen molar-refractivity contribution in [2.24, 2.45) is 5.92 Å². The van der Waals surface area contributed by atoms with Crippen molar-refractivity contribution in [1.82, 2.24) is 10.0 Å². The van der Waals surface area contributed by atoms with Crippen LogP contribution in [0.5, 0.6) is 0 Å². The Kier molecular flexibility index (Phi) is 4.49. The van der Waals surface area contributed by atoms with E-state index in [1.54, 1.807) is 0 Å². The average molecular weight is 236 g/mol. The third-order valence-electron chi connectivity index (χ3n) is 2.36. The minimum Gasteiger partial charge on any atom is -0.480 e. The SMILES string of the molecule is O=C(O)CS(=O)(=O)NCC1CCNCC1. The van der Waals surface area contributed by atoms with Gasteiger partial charge in [0.15, 0.2) is 5.75 Å². The van der Waals surface area contributed by atoms with E-state index in [1.807, 2.05) is 0 Å². The first-order valence-corrected chi connectivity index (χ1v) is 6.55. The first-order chi connectivity index (χ1) is 6.99. The van der Waals surface area contributed by atoms with Crippen molar-refractivity contribution in [2.75, 3.05) is 25.4 Å². The van der Waals surface area contributed by atoms with Gasteiger partial charge < -0.3 is 10.4 Å². The van der Waals surface area contributed by atoms with Crippen LogP contribution in [0.3, 0.4) is 0 Å². The molecular weight excluding hydrogens is 220 g/mol. The summed E-state index contributed by atoms with van der Waals surface area (Å²) in [6.45, 7) is 2.13. The molecule has 15 heavy (non-hydrogen) atoms. The lowest BCUT2D eigenvalue weighted by molar-refractivity contribution is -0.134. The Labute approximate surface area is 89.1 Å².